The van der Waals surface area contributed by atoms with Gasteiger partial charge in [0, 0.05) is 65.0 Å². The molecule has 2 aromatic carbocycles. The summed E-state index contributed by atoms with van der Waals surface area (Å²) in [5, 5.41) is 0.258. The van der Waals surface area contributed by atoms with Crippen LogP contribution in [0.2, 0.25) is 5.15 Å². The molecule has 1 unspecified atom stereocenters. The molecule has 19 heteroatoms. The number of carbonyl (C=O) groups excluding carboxylic acids is 4. The van der Waals surface area contributed by atoms with Gasteiger partial charge in [0.2, 0.25) is 5.91 Å². The minimum Gasteiger partial charge on any atom is -0.453 e. The minimum atomic E-state index is -2.72. The predicted octanol–water partition coefficient (Wildman–Crippen LogP) is 7.98. The minimum absolute atomic E-state index is 0.00919. The molecule has 8 fully saturated rings. The topological polar surface area (TPSA) is 180 Å². The fourth-order valence-corrected chi connectivity index (χ4v) is 12.8. The second-order valence-corrected chi connectivity index (χ2v) is 20.2. The summed E-state index contributed by atoms with van der Waals surface area (Å²) in [5.74, 6) is -7.96. The Morgan fingerprint density at radius 3 is 1.91 bits per heavy atom. The lowest BCUT2D eigenvalue weighted by Crippen LogP contribution is -2.48. The standard InChI is InChI=1S/C47H47ClF4N8O6/c1-65-45(64)58(27-16-30-31(17-27)47(30,51)52)19-37(61)59-33-12-24(33)15-36(59)42-56-38(40(48)57-42)23-8-4-21(5-9-23)20-2-6-22(7-3-20)32-18-54-41(55-32)35-14-25-13-34(25)60(35)43(62)39(66-44(53)63)26-10-28-29(11-26)46(28,49)50/h2-9,18,24-31,33-36,39H,10-17,19H2,1H3,(H2,53,63)(H,54,55)(H,56,57)/t24-,25-,26-,27-,28+,29-,30+,31-,33-,34-,35+,36+,39?/m1/s1. The van der Waals surface area contributed by atoms with E-state index >= 15 is 0 Å². The van der Waals surface area contributed by atoms with Crippen LogP contribution in [0.25, 0.3) is 33.6 Å². The fourth-order valence-electron chi connectivity index (χ4n) is 12.6. The van der Waals surface area contributed by atoms with Crippen LogP contribution >= 0.6 is 11.6 Å². The van der Waals surface area contributed by atoms with Crippen LogP contribution in [-0.4, -0.2) is 108 Å². The molecule has 346 valence electrons. The number of nitrogens with zero attached hydrogens (tertiary/aromatic N) is 5. The molecule has 0 spiro atoms. The number of primary amides is 1. The number of nitrogens with one attached hydrogen (secondary N) is 2. The van der Waals surface area contributed by atoms with Crippen LogP contribution in [0, 0.1) is 41.4 Å². The van der Waals surface area contributed by atoms with Crippen molar-refractivity contribution in [2.45, 2.75) is 99.5 Å². The maximum absolute atomic E-state index is 14.1. The van der Waals surface area contributed by atoms with E-state index in [4.69, 9.17) is 31.8 Å². The Morgan fingerprint density at radius 1 is 0.773 bits per heavy atom. The van der Waals surface area contributed by atoms with Crippen LogP contribution in [-0.2, 0) is 19.1 Å². The third-order valence-corrected chi connectivity index (χ3v) is 16.6. The molecule has 4 N–H and O–H groups in total. The molecule has 6 aliphatic carbocycles. The number of aromatic nitrogens is 4. The summed E-state index contributed by atoms with van der Waals surface area (Å²) in [4.78, 5) is 73.7. The lowest BCUT2D eigenvalue weighted by atomic mass is 9.94. The second kappa shape index (κ2) is 14.7. The molecule has 0 radical (unpaired) electrons. The highest BCUT2D eigenvalue weighted by molar-refractivity contribution is 6.32. The summed E-state index contributed by atoms with van der Waals surface area (Å²) in [6.45, 7) is -0.259. The summed E-state index contributed by atoms with van der Waals surface area (Å²) in [5.41, 5.74) is 10.2. The number of carbonyl (C=O) groups is 4. The molecule has 2 aliphatic heterocycles. The van der Waals surface area contributed by atoms with Crippen molar-refractivity contribution >= 4 is 35.6 Å². The monoisotopic (exact) mass is 930 g/mol. The summed E-state index contributed by atoms with van der Waals surface area (Å²) in [6, 6.07) is 14.5. The zero-order valence-electron chi connectivity index (χ0n) is 35.7. The number of amides is 4. The van der Waals surface area contributed by atoms with Gasteiger partial charge in [-0.3, -0.25) is 14.5 Å². The Balaban J connectivity index is 0.707. The summed E-state index contributed by atoms with van der Waals surface area (Å²) in [6.07, 6.45) is 2.37. The zero-order chi connectivity index (χ0) is 45.7. The maximum Gasteiger partial charge on any atom is 0.410 e. The van der Waals surface area contributed by atoms with Crippen molar-refractivity contribution in [3.63, 3.8) is 0 Å². The van der Waals surface area contributed by atoms with E-state index in [-0.39, 0.29) is 73.4 Å². The highest BCUT2D eigenvalue weighted by Gasteiger charge is 2.73. The number of likely N-dealkylation sites (tertiary alicyclic amines) is 2. The first-order chi connectivity index (χ1) is 31.6. The fraction of sp³-hybridized carbons (Fsp3) is 0.532. The second-order valence-electron chi connectivity index (χ2n) is 19.9. The van der Waals surface area contributed by atoms with Crippen molar-refractivity contribution in [2.24, 2.45) is 47.2 Å². The molecule has 6 saturated carbocycles. The number of piperidine rings is 2. The third-order valence-electron chi connectivity index (χ3n) is 16.3. The summed E-state index contributed by atoms with van der Waals surface area (Å²) < 4.78 is 66.3. The van der Waals surface area contributed by atoms with Crippen molar-refractivity contribution in [1.29, 1.82) is 0 Å². The van der Waals surface area contributed by atoms with Gasteiger partial charge in [0.25, 0.3) is 17.8 Å². The Kier molecular flexibility index (Phi) is 9.28. The van der Waals surface area contributed by atoms with Crippen molar-refractivity contribution in [1.82, 2.24) is 34.6 Å². The van der Waals surface area contributed by atoms with Crippen LogP contribution in [0.4, 0.5) is 27.2 Å². The number of H-pyrrole nitrogens is 2. The molecular formula is C47H47ClF4N8O6. The van der Waals surface area contributed by atoms with E-state index in [2.05, 4.69) is 15.0 Å². The van der Waals surface area contributed by atoms with Crippen molar-refractivity contribution in [3.8, 4) is 33.6 Å². The summed E-state index contributed by atoms with van der Waals surface area (Å²) >= 11 is 6.74. The van der Waals surface area contributed by atoms with Gasteiger partial charge >= 0.3 is 12.2 Å². The highest BCUT2D eigenvalue weighted by atomic mass is 35.5. The number of nitrogens with two attached hydrogens (primary N) is 1. The Morgan fingerprint density at radius 2 is 1.32 bits per heavy atom. The molecule has 12 rings (SSSR count). The van der Waals surface area contributed by atoms with Gasteiger partial charge in [0.05, 0.1) is 30.6 Å². The van der Waals surface area contributed by atoms with E-state index < -0.39 is 71.7 Å². The number of fused-ring (bicyclic) bond motifs is 4. The average Bonchev–Trinajstić information content (AvgIpc) is 4.01. The molecule has 66 heavy (non-hydrogen) atoms. The van der Waals surface area contributed by atoms with Gasteiger partial charge in [-0.1, -0.05) is 60.1 Å². The van der Waals surface area contributed by atoms with Gasteiger partial charge in [0.15, 0.2) is 11.3 Å². The number of imidazole rings is 2. The normalized spacial score (nSPS) is 33.6. The van der Waals surface area contributed by atoms with Crippen molar-refractivity contribution in [2.75, 3.05) is 13.7 Å². The van der Waals surface area contributed by atoms with E-state index in [1.54, 1.807) is 16.0 Å². The van der Waals surface area contributed by atoms with Crippen LogP contribution in [0.3, 0.4) is 0 Å². The first-order valence-electron chi connectivity index (χ1n) is 22.8. The molecule has 8 aliphatic rings. The number of rotatable bonds is 11. The van der Waals surface area contributed by atoms with Crippen LogP contribution in [0.5, 0.6) is 0 Å². The molecular weight excluding hydrogens is 884 g/mol. The molecule has 4 aromatic rings. The Labute approximate surface area is 380 Å². The molecule has 14 nitrogen and oxygen atoms in total. The third kappa shape index (κ3) is 6.69. The van der Waals surface area contributed by atoms with E-state index in [9.17, 15) is 36.7 Å². The molecule has 4 amide bonds. The van der Waals surface area contributed by atoms with E-state index in [1.165, 1.54) is 12.0 Å². The van der Waals surface area contributed by atoms with Gasteiger partial charge in [-0.2, -0.15) is 0 Å². The van der Waals surface area contributed by atoms with Gasteiger partial charge < -0.3 is 35.0 Å². The average molecular weight is 931 g/mol. The number of hydrogen-bond donors (Lipinski definition) is 3. The molecule has 13 atom stereocenters. The van der Waals surface area contributed by atoms with Crippen LogP contribution in [0.1, 0.15) is 75.1 Å². The quantitative estimate of drug-likeness (QED) is 0.127. The SMILES string of the molecule is COC(=O)N(CC(=O)N1[C@@H]2C[C@@H]2C[C@H]1c1nc(Cl)c(-c2ccc(-c3ccc(-c4c[nH]c([C@@H]5C[C@H]6C[C@H]6N5C(=O)C(OC(N)=O)[C@H]5C[C@@H]6[C@H](C5)C6(F)F)n4)cc3)cc2)[nH]1)[C@H]1C[C@@H]2[C@H](C1)C2(F)F. The molecule has 2 saturated heterocycles. The summed E-state index contributed by atoms with van der Waals surface area (Å²) in [7, 11) is 1.23. The highest BCUT2D eigenvalue weighted by Crippen LogP contribution is 2.67. The van der Waals surface area contributed by atoms with E-state index in [0.717, 1.165) is 35.1 Å². The number of methoxy groups -OCH3 is 1. The van der Waals surface area contributed by atoms with E-state index in [1.807, 2.05) is 48.5 Å². The van der Waals surface area contributed by atoms with Gasteiger partial charge in [-0.25, -0.2) is 37.1 Å². The Hall–Kier alpha value is -5.65. The lowest BCUT2D eigenvalue weighted by molar-refractivity contribution is -0.146. The first-order valence-corrected chi connectivity index (χ1v) is 23.2. The van der Waals surface area contributed by atoms with E-state index in [0.29, 0.717) is 41.8 Å². The number of halogens is 5. The maximum atomic E-state index is 14.1. The number of ether oxygens (including phenoxy) is 2. The largest absolute Gasteiger partial charge is 0.453 e. The Bertz CT molecular complexity index is 2630. The lowest BCUT2D eigenvalue weighted by Gasteiger charge is -2.32. The van der Waals surface area contributed by atoms with Crippen LogP contribution in [0.15, 0.2) is 54.7 Å². The van der Waals surface area contributed by atoms with Gasteiger partial charge in [0.1, 0.15) is 18.2 Å². The molecule has 4 heterocycles. The molecule has 0 bridgehead atoms. The van der Waals surface area contributed by atoms with Gasteiger partial charge in [-0.15, -0.1) is 0 Å². The first kappa shape index (κ1) is 41.8. The number of alkyl halides is 4. The number of hydrogen-bond acceptors (Lipinski definition) is 8. The molecule has 2 aromatic heterocycles. The van der Waals surface area contributed by atoms with Gasteiger partial charge in [-0.05, 0) is 74.3 Å². The smallest absolute Gasteiger partial charge is 0.410 e. The zero-order valence-corrected chi connectivity index (χ0v) is 36.5. The van der Waals surface area contributed by atoms with Crippen LogP contribution < -0.4 is 5.73 Å². The number of aromatic amines is 2. The van der Waals surface area contributed by atoms with Crippen molar-refractivity contribution in [3.05, 3.63) is 71.5 Å². The predicted molar refractivity (Wildman–Crippen MR) is 227 cm³/mol. The number of benzene rings is 2. The van der Waals surface area contributed by atoms with Crippen molar-refractivity contribution < 1.29 is 46.2 Å².